The van der Waals surface area contributed by atoms with Gasteiger partial charge in [0.05, 0.1) is 18.3 Å². The Hall–Kier alpha value is -1.88. The Morgan fingerprint density at radius 2 is 1.76 bits per heavy atom. The average Bonchev–Trinajstić information content (AvgIpc) is 2.81. The van der Waals surface area contributed by atoms with Crippen LogP contribution in [0.4, 0.5) is 13.2 Å². The monoisotopic (exact) mass is 545 g/mol. The van der Waals surface area contributed by atoms with Gasteiger partial charge in [-0.3, -0.25) is 14.3 Å². The molecule has 0 aromatic heterocycles. The van der Waals surface area contributed by atoms with Crippen LogP contribution in [0.1, 0.15) is 75.9 Å². The van der Waals surface area contributed by atoms with E-state index in [0.717, 1.165) is 38.5 Å². The smallest absolute Gasteiger partial charge is 0.482 e. The summed E-state index contributed by atoms with van der Waals surface area (Å²) in [6.07, 6.45) is -1.96. The number of aliphatic hydroxyl groups excluding tert-OH is 1. The number of fused-ring (bicyclic) bond motifs is 4. The second-order valence-electron chi connectivity index (χ2n) is 11.1. The van der Waals surface area contributed by atoms with Crippen molar-refractivity contribution in [2.75, 3.05) is 6.61 Å². The van der Waals surface area contributed by atoms with E-state index in [9.17, 15) is 27.9 Å². The number of rotatable bonds is 8. The Balaban J connectivity index is 1.07. The summed E-state index contributed by atoms with van der Waals surface area (Å²) in [6.45, 7) is -0.192. The molecule has 2 atom stereocenters. The molecular formula is C26H31ClF3NO6. The first-order chi connectivity index (χ1) is 17.4. The van der Waals surface area contributed by atoms with Gasteiger partial charge in [-0.1, -0.05) is 11.6 Å². The van der Waals surface area contributed by atoms with Crippen molar-refractivity contribution in [1.82, 2.24) is 5.32 Å². The Labute approximate surface area is 218 Å². The zero-order valence-corrected chi connectivity index (χ0v) is 21.1. The number of Topliss-reactive ketones (excluding diaryl/α,β-unsaturated/α-hetero) is 1. The Morgan fingerprint density at radius 1 is 1.08 bits per heavy atom. The standard InChI is InChI=1S/C26H31ClF3NO6/c27-15-1-2-21-18(9-15)19(32)12-22(36-21)20(33)13-24-3-6-25(7-4-24,8-5-24)31-23(34)14-35-16-10-17(11-16)37-26(28,29)30/h1-2,9,16-17,19,22,32H,3-8,10-14H2,(H,31,34)/t16?,17?,19-,22-,24?,25?/m1/s1. The van der Waals surface area contributed by atoms with Crippen LogP contribution in [-0.4, -0.2) is 53.6 Å². The number of carbonyl (C=O) groups excluding carboxylic acids is 2. The number of benzene rings is 1. The van der Waals surface area contributed by atoms with Gasteiger partial charge in [-0.05, 0) is 62.1 Å². The maximum Gasteiger partial charge on any atom is 0.522 e. The van der Waals surface area contributed by atoms with Gasteiger partial charge in [-0.25, -0.2) is 0 Å². The molecule has 204 valence electrons. The van der Waals surface area contributed by atoms with Gasteiger partial charge in [0.2, 0.25) is 5.91 Å². The summed E-state index contributed by atoms with van der Waals surface area (Å²) in [4.78, 5) is 25.7. The Kier molecular flexibility index (Phi) is 7.23. The minimum absolute atomic E-state index is 0.0141. The molecule has 2 N–H and O–H groups in total. The molecule has 0 unspecified atom stereocenters. The molecule has 11 heteroatoms. The molecule has 4 aliphatic carbocycles. The van der Waals surface area contributed by atoms with Gasteiger partial charge in [-0.15, -0.1) is 13.2 Å². The van der Waals surface area contributed by atoms with Gasteiger partial charge >= 0.3 is 6.36 Å². The number of ketones is 1. The predicted octanol–water partition coefficient (Wildman–Crippen LogP) is 4.78. The Bertz CT molecular complexity index is 1020. The van der Waals surface area contributed by atoms with E-state index in [0.29, 0.717) is 22.8 Å². The average molecular weight is 546 g/mol. The predicted molar refractivity (Wildman–Crippen MR) is 126 cm³/mol. The van der Waals surface area contributed by atoms with Crippen LogP contribution in [0, 0.1) is 5.41 Å². The largest absolute Gasteiger partial charge is 0.522 e. The highest BCUT2D eigenvalue weighted by Gasteiger charge is 2.51. The van der Waals surface area contributed by atoms with Crippen LogP contribution in [0.2, 0.25) is 5.02 Å². The summed E-state index contributed by atoms with van der Waals surface area (Å²) in [6, 6.07) is 5.01. The van der Waals surface area contributed by atoms with Gasteiger partial charge in [0.1, 0.15) is 12.4 Å². The van der Waals surface area contributed by atoms with Crippen LogP contribution in [0.25, 0.3) is 0 Å². The molecule has 0 saturated heterocycles. The first-order valence-electron chi connectivity index (χ1n) is 12.8. The van der Waals surface area contributed by atoms with E-state index >= 15 is 0 Å². The molecule has 37 heavy (non-hydrogen) atoms. The molecule has 2 bridgehead atoms. The van der Waals surface area contributed by atoms with Gasteiger partial charge < -0.3 is 19.9 Å². The van der Waals surface area contributed by atoms with Crippen molar-refractivity contribution >= 4 is 23.3 Å². The maximum atomic E-state index is 13.2. The van der Waals surface area contributed by atoms with Crippen molar-refractivity contribution < 1.29 is 42.1 Å². The first-order valence-corrected chi connectivity index (χ1v) is 13.2. The van der Waals surface area contributed by atoms with E-state index in [-0.39, 0.29) is 48.5 Å². The lowest BCUT2D eigenvalue weighted by molar-refractivity contribution is -0.357. The highest BCUT2D eigenvalue weighted by atomic mass is 35.5. The van der Waals surface area contributed by atoms with E-state index < -0.39 is 30.8 Å². The Morgan fingerprint density at radius 3 is 2.41 bits per heavy atom. The van der Waals surface area contributed by atoms with Crippen molar-refractivity contribution in [3.63, 3.8) is 0 Å². The minimum atomic E-state index is -4.65. The summed E-state index contributed by atoms with van der Waals surface area (Å²) >= 11 is 6.01. The molecule has 0 spiro atoms. The number of nitrogens with one attached hydrogen (secondary N) is 1. The highest BCUT2D eigenvalue weighted by molar-refractivity contribution is 6.30. The molecule has 1 aliphatic heterocycles. The molecule has 6 rings (SSSR count). The minimum Gasteiger partial charge on any atom is -0.482 e. The molecule has 1 aromatic carbocycles. The zero-order valence-electron chi connectivity index (χ0n) is 20.3. The topological polar surface area (TPSA) is 94.1 Å². The summed E-state index contributed by atoms with van der Waals surface area (Å²) < 4.78 is 52.0. The highest BCUT2D eigenvalue weighted by Crippen LogP contribution is 2.54. The number of amides is 1. The van der Waals surface area contributed by atoms with Gasteiger partial charge in [0.25, 0.3) is 0 Å². The molecule has 5 aliphatic rings. The van der Waals surface area contributed by atoms with E-state index in [4.69, 9.17) is 21.1 Å². The fourth-order valence-electron chi connectivity index (χ4n) is 6.28. The fourth-order valence-corrected chi connectivity index (χ4v) is 6.46. The second kappa shape index (κ2) is 10.0. The lowest BCUT2D eigenvalue weighted by Gasteiger charge is -2.54. The molecule has 4 fully saturated rings. The number of alkyl halides is 3. The van der Waals surface area contributed by atoms with Gasteiger partial charge in [0, 0.05) is 41.8 Å². The molecule has 7 nitrogen and oxygen atoms in total. The number of carbonyl (C=O) groups is 2. The SMILES string of the molecule is O=C(COC1CC(OC(F)(F)F)C1)NC12CCC(CC(=O)[C@H]3C[C@@H](O)c4cc(Cl)ccc4O3)(CC1)CC2. The molecule has 4 saturated carbocycles. The zero-order chi connectivity index (χ0) is 26.4. The molecule has 1 amide bonds. The third-order valence-electron chi connectivity index (χ3n) is 8.55. The molecule has 1 heterocycles. The van der Waals surface area contributed by atoms with Crippen molar-refractivity contribution in [2.24, 2.45) is 5.41 Å². The third-order valence-corrected chi connectivity index (χ3v) is 8.79. The van der Waals surface area contributed by atoms with Gasteiger partial charge in [0.15, 0.2) is 11.9 Å². The van der Waals surface area contributed by atoms with Crippen LogP contribution in [0.5, 0.6) is 5.75 Å². The summed E-state index contributed by atoms with van der Waals surface area (Å²) in [5.74, 6) is 0.203. The molecular weight excluding hydrogens is 515 g/mol. The second-order valence-corrected chi connectivity index (χ2v) is 11.5. The maximum absolute atomic E-state index is 13.2. The summed E-state index contributed by atoms with van der Waals surface area (Å²) in [7, 11) is 0. The quantitative estimate of drug-likeness (QED) is 0.488. The van der Waals surface area contributed by atoms with Crippen molar-refractivity contribution in [2.45, 2.75) is 101 Å². The number of ether oxygens (including phenoxy) is 3. The van der Waals surface area contributed by atoms with Crippen LogP contribution in [0.3, 0.4) is 0 Å². The van der Waals surface area contributed by atoms with Gasteiger partial charge in [-0.2, -0.15) is 0 Å². The van der Waals surface area contributed by atoms with Crippen LogP contribution < -0.4 is 10.1 Å². The fraction of sp³-hybridized carbons (Fsp3) is 0.692. The lowest BCUT2D eigenvalue weighted by Crippen LogP contribution is -2.58. The van der Waals surface area contributed by atoms with Crippen molar-refractivity contribution in [3.05, 3.63) is 28.8 Å². The normalized spacial score (nSPS) is 34.7. The number of hydrogen-bond acceptors (Lipinski definition) is 6. The van der Waals surface area contributed by atoms with Crippen molar-refractivity contribution in [1.29, 1.82) is 0 Å². The summed E-state index contributed by atoms with van der Waals surface area (Å²) in [5.41, 5.74) is 0.137. The lowest BCUT2D eigenvalue weighted by atomic mass is 9.55. The summed E-state index contributed by atoms with van der Waals surface area (Å²) in [5, 5.41) is 14.1. The molecule has 1 aromatic rings. The number of aliphatic hydroxyl groups is 1. The molecule has 0 radical (unpaired) electrons. The third kappa shape index (κ3) is 6.08. The van der Waals surface area contributed by atoms with E-state index in [2.05, 4.69) is 10.1 Å². The van der Waals surface area contributed by atoms with E-state index in [1.165, 1.54) is 0 Å². The van der Waals surface area contributed by atoms with Crippen LogP contribution in [0.15, 0.2) is 18.2 Å². The first kappa shape index (κ1) is 26.7. The van der Waals surface area contributed by atoms with Crippen molar-refractivity contribution in [3.8, 4) is 5.75 Å². The number of halogens is 4. The van der Waals surface area contributed by atoms with E-state index in [1.54, 1.807) is 18.2 Å². The number of hydrogen-bond donors (Lipinski definition) is 2. The van der Waals surface area contributed by atoms with Crippen LogP contribution in [-0.2, 0) is 19.1 Å². The van der Waals surface area contributed by atoms with Crippen LogP contribution >= 0.6 is 11.6 Å². The van der Waals surface area contributed by atoms with E-state index in [1.807, 2.05) is 0 Å².